The number of aryl methyl sites for hydroxylation is 1. The van der Waals surface area contributed by atoms with Gasteiger partial charge >= 0.3 is 0 Å². The van der Waals surface area contributed by atoms with Gasteiger partial charge in [0, 0.05) is 25.2 Å². The Hall–Kier alpha value is -2.43. The number of benzene rings is 1. The monoisotopic (exact) mass is 312 g/mol. The van der Waals surface area contributed by atoms with Crippen molar-refractivity contribution in [3.05, 3.63) is 53.5 Å². The maximum Gasteiger partial charge on any atom is 0.272 e. The van der Waals surface area contributed by atoms with Gasteiger partial charge in [0.2, 0.25) is 0 Å². The Morgan fingerprint density at radius 1 is 1.22 bits per heavy atom. The second kappa shape index (κ2) is 7.72. The highest BCUT2D eigenvalue weighted by molar-refractivity contribution is 5.93. The molecule has 122 valence electrons. The van der Waals surface area contributed by atoms with Gasteiger partial charge in [-0.2, -0.15) is 0 Å². The number of aromatic nitrogens is 2. The van der Waals surface area contributed by atoms with Crippen molar-refractivity contribution in [2.45, 2.75) is 40.3 Å². The lowest BCUT2D eigenvalue weighted by molar-refractivity contribution is 0.0746. The first-order valence-corrected chi connectivity index (χ1v) is 7.95. The van der Waals surface area contributed by atoms with Gasteiger partial charge in [0.25, 0.3) is 5.91 Å². The van der Waals surface area contributed by atoms with Crippen LogP contribution in [0.3, 0.4) is 0 Å². The third kappa shape index (κ3) is 4.77. The van der Waals surface area contributed by atoms with E-state index in [-0.39, 0.29) is 11.9 Å². The molecule has 1 heterocycles. The normalized spacial score (nSPS) is 10.7. The van der Waals surface area contributed by atoms with E-state index >= 15 is 0 Å². The van der Waals surface area contributed by atoms with E-state index < -0.39 is 0 Å². The molecular formula is C18H24N4O. The molecule has 2 rings (SSSR count). The molecule has 1 N–H and O–H groups in total. The fraction of sp³-hybridized carbons (Fsp3) is 0.389. The average Bonchev–Trinajstić information content (AvgIpc) is 2.51. The van der Waals surface area contributed by atoms with Gasteiger partial charge in [-0.3, -0.25) is 4.79 Å². The Labute approximate surface area is 137 Å². The molecule has 1 amide bonds. The zero-order valence-electron chi connectivity index (χ0n) is 14.2. The highest BCUT2D eigenvalue weighted by Crippen LogP contribution is 2.13. The first kappa shape index (κ1) is 16.9. The third-order valence-corrected chi connectivity index (χ3v) is 3.38. The number of amides is 1. The van der Waals surface area contributed by atoms with Crippen molar-refractivity contribution in [1.29, 1.82) is 0 Å². The topological polar surface area (TPSA) is 58.1 Å². The van der Waals surface area contributed by atoms with Crippen LogP contribution in [0.15, 0.2) is 36.4 Å². The molecule has 0 fully saturated rings. The number of rotatable bonds is 6. The predicted octanol–water partition coefficient (Wildman–Crippen LogP) is 3.27. The first-order chi connectivity index (χ1) is 11.0. The summed E-state index contributed by atoms with van der Waals surface area (Å²) in [6, 6.07) is 11.9. The summed E-state index contributed by atoms with van der Waals surface area (Å²) in [7, 11) is 0. The largest absolute Gasteiger partial charge is 0.368 e. The zero-order chi connectivity index (χ0) is 16.8. The van der Waals surface area contributed by atoms with Gasteiger partial charge in [-0.05, 0) is 33.3 Å². The van der Waals surface area contributed by atoms with Gasteiger partial charge in [0.1, 0.15) is 17.3 Å². The van der Waals surface area contributed by atoms with Crippen molar-refractivity contribution in [2.24, 2.45) is 0 Å². The minimum Gasteiger partial charge on any atom is -0.368 e. The van der Waals surface area contributed by atoms with Crippen LogP contribution in [0.4, 0.5) is 5.82 Å². The fourth-order valence-electron chi connectivity index (χ4n) is 2.34. The van der Waals surface area contributed by atoms with Crippen LogP contribution in [-0.2, 0) is 6.54 Å². The minimum absolute atomic E-state index is 0.0753. The Balaban J connectivity index is 2.21. The fourth-order valence-corrected chi connectivity index (χ4v) is 2.34. The number of nitrogens with one attached hydrogen (secondary N) is 1. The maximum atomic E-state index is 12.8. The lowest BCUT2D eigenvalue weighted by Gasteiger charge is -2.21. The van der Waals surface area contributed by atoms with Crippen LogP contribution in [0.25, 0.3) is 0 Å². The van der Waals surface area contributed by atoms with Crippen molar-refractivity contribution in [3.8, 4) is 0 Å². The van der Waals surface area contributed by atoms with Gasteiger partial charge in [-0.15, -0.1) is 0 Å². The molecule has 0 saturated heterocycles. The van der Waals surface area contributed by atoms with Crippen LogP contribution in [0.2, 0.25) is 0 Å². The first-order valence-electron chi connectivity index (χ1n) is 7.95. The standard InChI is InChI=1S/C18H24N4O/c1-5-22(12-15-9-7-6-8-10-15)18(23)16-11-17(19-13(2)3)21-14(4)20-16/h6-11,13H,5,12H2,1-4H3,(H,19,20,21). The molecule has 5 nitrogen and oxygen atoms in total. The van der Waals surface area contributed by atoms with E-state index in [0.717, 1.165) is 5.56 Å². The highest BCUT2D eigenvalue weighted by atomic mass is 16.2. The van der Waals surface area contributed by atoms with Gasteiger partial charge in [0.15, 0.2) is 0 Å². The van der Waals surface area contributed by atoms with Crippen LogP contribution in [0.1, 0.15) is 42.6 Å². The van der Waals surface area contributed by atoms with E-state index in [0.29, 0.717) is 30.4 Å². The van der Waals surface area contributed by atoms with Crippen molar-refractivity contribution in [1.82, 2.24) is 14.9 Å². The Bertz CT molecular complexity index is 655. The van der Waals surface area contributed by atoms with E-state index in [1.165, 1.54) is 0 Å². The van der Waals surface area contributed by atoms with Crippen molar-refractivity contribution in [2.75, 3.05) is 11.9 Å². The molecule has 0 atom stereocenters. The summed E-state index contributed by atoms with van der Waals surface area (Å²) in [6.45, 7) is 9.05. The molecule has 0 aliphatic carbocycles. The number of nitrogens with zero attached hydrogens (tertiary/aromatic N) is 3. The Morgan fingerprint density at radius 2 is 1.91 bits per heavy atom. The summed E-state index contributed by atoms with van der Waals surface area (Å²) >= 11 is 0. The van der Waals surface area contributed by atoms with Gasteiger partial charge in [-0.1, -0.05) is 30.3 Å². The summed E-state index contributed by atoms with van der Waals surface area (Å²) in [4.78, 5) is 23.2. The summed E-state index contributed by atoms with van der Waals surface area (Å²) < 4.78 is 0. The van der Waals surface area contributed by atoms with E-state index in [4.69, 9.17) is 0 Å². The highest BCUT2D eigenvalue weighted by Gasteiger charge is 2.17. The molecule has 0 saturated carbocycles. The Kier molecular flexibility index (Phi) is 5.68. The zero-order valence-corrected chi connectivity index (χ0v) is 14.2. The molecule has 2 aromatic rings. The Morgan fingerprint density at radius 3 is 2.52 bits per heavy atom. The molecule has 0 radical (unpaired) electrons. The molecule has 5 heteroatoms. The smallest absolute Gasteiger partial charge is 0.272 e. The average molecular weight is 312 g/mol. The molecule has 0 aliphatic heterocycles. The summed E-state index contributed by atoms with van der Waals surface area (Å²) in [5.74, 6) is 1.20. The van der Waals surface area contributed by atoms with E-state index in [1.54, 1.807) is 17.9 Å². The van der Waals surface area contributed by atoms with Crippen LogP contribution >= 0.6 is 0 Å². The molecule has 23 heavy (non-hydrogen) atoms. The summed E-state index contributed by atoms with van der Waals surface area (Å²) in [6.07, 6.45) is 0. The molecule has 0 spiro atoms. The maximum absolute atomic E-state index is 12.8. The summed E-state index contributed by atoms with van der Waals surface area (Å²) in [5, 5.41) is 3.23. The molecule has 1 aromatic heterocycles. The van der Waals surface area contributed by atoms with Crippen molar-refractivity contribution < 1.29 is 4.79 Å². The van der Waals surface area contributed by atoms with Gasteiger partial charge in [-0.25, -0.2) is 9.97 Å². The number of carbonyl (C=O) groups excluding carboxylic acids is 1. The second-order valence-corrected chi connectivity index (χ2v) is 5.79. The molecule has 0 bridgehead atoms. The lowest BCUT2D eigenvalue weighted by atomic mass is 10.2. The molecule has 0 aliphatic rings. The number of carbonyl (C=O) groups is 1. The van der Waals surface area contributed by atoms with Crippen LogP contribution < -0.4 is 5.32 Å². The number of hydrogen-bond acceptors (Lipinski definition) is 4. The van der Waals surface area contributed by atoms with Crippen LogP contribution in [-0.4, -0.2) is 33.4 Å². The predicted molar refractivity (Wildman–Crippen MR) is 92.4 cm³/mol. The number of anilines is 1. The number of hydrogen-bond donors (Lipinski definition) is 1. The van der Waals surface area contributed by atoms with Crippen LogP contribution in [0.5, 0.6) is 0 Å². The SMILES string of the molecule is CCN(Cc1ccccc1)C(=O)c1cc(NC(C)C)nc(C)n1. The van der Waals surface area contributed by atoms with E-state index in [2.05, 4.69) is 15.3 Å². The molecule has 0 unspecified atom stereocenters. The molecule has 1 aromatic carbocycles. The quantitative estimate of drug-likeness (QED) is 0.889. The van der Waals surface area contributed by atoms with Gasteiger partial charge in [0.05, 0.1) is 0 Å². The second-order valence-electron chi connectivity index (χ2n) is 5.79. The van der Waals surface area contributed by atoms with E-state index in [1.807, 2.05) is 51.1 Å². The molecular weight excluding hydrogens is 288 g/mol. The van der Waals surface area contributed by atoms with Crippen LogP contribution in [0, 0.1) is 6.92 Å². The van der Waals surface area contributed by atoms with Crippen molar-refractivity contribution in [3.63, 3.8) is 0 Å². The van der Waals surface area contributed by atoms with Crippen molar-refractivity contribution >= 4 is 11.7 Å². The summed E-state index contributed by atoms with van der Waals surface area (Å²) in [5.41, 5.74) is 1.53. The van der Waals surface area contributed by atoms with E-state index in [9.17, 15) is 4.79 Å². The third-order valence-electron chi connectivity index (χ3n) is 3.38. The lowest BCUT2D eigenvalue weighted by Crippen LogP contribution is -2.31. The van der Waals surface area contributed by atoms with Gasteiger partial charge < -0.3 is 10.2 Å². The minimum atomic E-state index is -0.0753.